The van der Waals surface area contributed by atoms with E-state index in [9.17, 15) is 0 Å². The summed E-state index contributed by atoms with van der Waals surface area (Å²) in [6.07, 6.45) is 8.93. The monoisotopic (exact) mass is 358 g/mol. The average molecular weight is 359 g/mol. The molecule has 0 aliphatic rings. The van der Waals surface area contributed by atoms with Crippen molar-refractivity contribution in [2.75, 3.05) is 41.3 Å². The zero-order chi connectivity index (χ0) is 18.6. The quantitative estimate of drug-likeness (QED) is 0.409. The molecule has 0 unspecified atom stereocenters. The molecule has 0 aromatic rings. The molecule has 0 radical (unpaired) electrons. The average Bonchev–Trinajstić information content (AvgIpc) is 2.53. The third-order valence-corrected chi connectivity index (χ3v) is 8.12. The molecule has 0 N–H and O–H groups in total. The van der Waals surface area contributed by atoms with E-state index >= 15 is 0 Å². The topological polar surface area (TPSA) is 15.7 Å². The van der Waals surface area contributed by atoms with Gasteiger partial charge in [-0.3, -0.25) is 0 Å². The van der Waals surface area contributed by atoms with E-state index in [0.717, 1.165) is 12.8 Å². The lowest BCUT2D eigenvalue weighted by molar-refractivity contribution is 0.0804. The summed E-state index contributed by atoms with van der Waals surface area (Å²) in [4.78, 5) is 4.64. The fraction of sp³-hybridized carbons (Fsp3) is 1.00. The number of hydrogen-bond donors (Lipinski definition) is 0. The summed E-state index contributed by atoms with van der Waals surface area (Å²) in [7, 11) is 8.29. The van der Waals surface area contributed by atoms with Crippen LogP contribution in [0, 0.1) is 5.41 Å². The van der Waals surface area contributed by atoms with Crippen LogP contribution >= 0.6 is 0 Å². The molecule has 0 aliphatic carbocycles. The van der Waals surface area contributed by atoms with Crippen molar-refractivity contribution in [2.45, 2.75) is 84.3 Å². The first-order chi connectivity index (χ1) is 11.2. The van der Waals surface area contributed by atoms with E-state index in [1.54, 1.807) is 0 Å². The predicted molar refractivity (Wildman–Crippen MR) is 112 cm³/mol. The highest BCUT2D eigenvalue weighted by atomic mass is 28.2. The van der Waals surface area contributed by atoms with E-state index in [4.69, 9.17) is 4.43 Å². The molecule has 3 nitrogen and oxygen atoms in total. The Hall–Kier alpha value is 0.0969. The van der Waals surface area contributed by atoms with Crippen molar-refractivity contribution >= 4 is 9.76 Å². The van der Waals surface area contributed by atoms with E-state index < -0.39 is 9.76 Å². The van der Waals surface area contributed by atoms with Crippen LogP contribution in [0.3, 0.4) is 0 Å². The molecule has 0 saturated carbocycles. The highest BCUT2D eigenvalue weighted by Crippen LogP contribution is 2.38. The van der Waals surface area contributed by atoms with Crippen molar-refractivity contribution in [3.63, 3.8) is 0 Å². The van der Waals surface area contributed by atoms with Gasteiger partial charge in [0, 0.05) is 0 Å². The number of hydrogen-bond acceptors (Lipinski definition) is 3. The first kappa shape index (κ1) is 24.1. The second-order valence-electron chi connectivity index (χ2n) is 8.42. The lowest BCUT2D eigenvalue weighted by Crippen LogP contribution is -2.32. The van der Waals surface area contributed by atoms with Crippen LogP contribution < -0.4 is 0 Å². The van der Waals surface area contributed by atoms with Crippen molar-refractivity contribution < 1.29 is 4.43 Å². The number of nitrogens with zero attached hydrogens (tertiary/aromatic N) is 2. The summed E-state index contributed by atoms with van der Waals surface area (Å²) in [5, 5.41) is 0. The van der Waals surface area contributed by atoms with E-state index in [-0.39, 0.29) is 5.60 Å². The van der Waals surface area contributed by atoms with Gasteiger partial charge < -0.3 is 14.2 Å². The van der Waals surface area contributed by atoms with Crippen LogP contribution in [0.15, 0.2) is 0 Å². The van der Waals surface area contributed by atoms with E-state index in [2.05, 4.69) is 65.7 Å². The van der Waals surface area contributed by atoms with Crippen molar-refractivity contribution in [1.29, 1.82) is 0 Å². The molecule has 0 amide bonds. The van der Waals surface area contributed by atoms with Crippen molar-refractivity contribution in [3.8, 4) is 0 Å². The van der Waals surface area contributed by atoms with Gasteiger partial charge in [-0.2, -0.15) is 0 Å². The van der Waals surface area contributed by atoms with Crippen LogP contribution in [-0.2, 0) is 4.43 Å². The van der Waals surface area contributed by atoms with Crippen LogP contribution in [0.5, 0.6) is 0 Å². The predicted octanol–water partition coefficient (Wildman–Crippen LogP) is 4.16. The summed E-state index contributed by atoms with van der Waals surface area (Å²) >= 11 is 0. The Kier molecular flexibility index (Phi) is 12.5. The first-order valence-electron chi connectivity index (χ1n) is 10.2. The summed E-state index contributed by atoms with van der Waals surface area (Å²) in [5.74, 6) is 0. The zero-order valence-corrected chi connectivity index (χ0v) is 19.5. The highest BCUT2D eigenvalue weighted by Gasteiger charge is 2.29. The van der Waals surface area contributed by atoms with Gasteiger partial charge in [0.2, 0.25) is 0 Å². The SMILES string of the molecule is CCC(CCCN(C)C)(CCCN(C)C)C[SiH2]OC(C)(CC)CC. The summed E-state index contributed by atoms with van der Waals surface area (Å²) < 4.78 is 6.46. The third-order valence-electron chi connectivity index (χ3n) is 5.95. The van der Waals surface area contributed by atoms with Gasteiger partial charge in [-0.1, -0.05) is 27.2 Å². The highest BCUT2D eigenvalue weighted by molar-refractivity contribution is 6.27. The summed E-state index contributed by atoms with van der Waals surface area (Å²) in [6, 6.07) is 1.35. The standard InChI is InChI=1S/C20H46N2OSi/c1-9-19(4,10-2)23-24-18-20(11-3,14-12-16-21(5)6)15-13-17-22(7)8/h9-18,24H2,1-8H3. The fourth-order valence-corrected chi connectivity index (χ4v) is 5.70. The molecule has 0 heterocycles. The van der Waals surface area contributed by atoms with Gasteiger partial charge in [0.15, 0.2) is 9.76 Å². The lowest BCUT2D eigenvalue weighted by atomic mass is 9.78. The van der Waals surface area contributed by atoms with Gasteiger partial charge in [0.25, 0.3) is 0 Å². The van der Waals surface area contributed by atoms with Crippen LogP contribution in [0.2, 0.25) is 6.04 Å². The molecular formula is C20H46N2OSi. The molecule has 0 aliphatic heterocycles. The van der Waals surface area contributed by atoms with Gasteiger partial charge in [0.05, 0.1) is 5.60 Å². The molecule has 24 heavy (non-hydrogen) atoms. The molecular weight excluding hydrogens is 312 g/mol. The Morgan fingerprint density at radius 3 is 1.58 bits per heavy atom. The van der Waals surface area contributed by atoms with Crippen LogP contribution in [0.4, 0.5) is 0 Å². The van der Waals surface area contributed by atoms with Gasteiger partial charge >= 0.3 is 0 Å². The maximum absolute atomic E-state index is 6.46. The lowest BCUT2D eigenvalue weighted by Gasteiger charge is -2.36. The van der Waals surface area contributed by atoms with Gasteiger partial charge in [-0.25, -0.2) is 0 Å². The van der Waals surface area contributed by atoms with Gasteiger partial charge in [0.1, 0.15) is 0 Å². The number of rotatable bonds is 15. The zero-order valence-electron chi connectivity index (χ0n) is 18.1. The molecule has 0 aromatic heterocycles. The minimum atomic E-state index is -0.452. The maximum atomic E-state index is 6.46. The van der Waals surface area contributed by atoms with Gasteiger partial charge in [-0.15, -0.1) is 0 Å². The summed E-state index contributed by atoms with van der Waals surface area (Å²) in [5.41, 5.74) is 0.639. The van der Waals surface area contributed by atoms with Crippen LogP contribution in [0.1, 0.15) is 72.6 Å². The molecule has 0 aromatic carbocycles. The third kappa shape index (κ3) is 10.2. The van der Waals surface area contributed by atoms with Gasteiger partial charge in [-0.05, 0) is 98.2 Å². The second-order valence-corrected chi connectivity index (χ2v) is 9.62. The Morgan fingerprint density at radius 1 is 0.792 bits per heavy atom. The largest absolute Gasteiger partial charge is 0.419 e. The summed E-state index contributed by atoms with van der Waals surface area (Å²) in [6.45, 7) is 11.6. The normalized spacial score (nSPS) is 13.8. The molecule has 0 saturated heterocycles. The molecule has 0 rings (SSSR count). The molecule has 146 valence electrons. The maximum Gasteiger partial charge on any atom is 0.162 e. The molecule has 0 bridgehead atoms. The molecule has 0 atom stereocenters. The van der Waals surface area contributed by atoms with Crippen molar-refractivity contribution in [2.24, 2.45) is 5.41 Å². The van der Waals surface area contributed by atoms with Crippen molar-refractivity contribution in [1.82, 2.24) is 9.80 Å². The minimum Gasteiger partial charge on any atom is -0.419 e. The van der Waals surface area contributed by atoms with Crippen molar-refractivity contribution in [3.05, 3.63) is 0 Å². The van der Waals surface area contributed by atoms with Crippen LogP contribution in [0.25, 0.3) is 0 Å². The Bertz CT molecular complexity index is 290. The van der Waals surface area contributed by atoms with E-state index in [0.29, 0.717) is 5.41 Å². The van der Waals surface area contributed by atoms with E-state index in [1.165, 1.54) is 51.2 Å². The molecule has 0 fully saturated rings. The smallest absolute Gasteiger partial charge is 0.162 e. The Labute approximate surface area is 155 Å². The van der Waals surface area contributed by atoms with Crippen LogP contribution in [-0.4, -0.2) is 66.4 Å². The first-order valence-corrected chi connectivity index (χ1v) is 11.7. The Morgan fingerprint density at radius 2 is 1.25 bits per heavy atom. The fourth-order valence-electron chi connectivity index (χ4n) is 3.41. The molecule has 0 spiro atoms. The minimum absolute atomic E-state index is 0.124. The second kappa shape index (κ2) is 12.5. The van der Waals surface area contributed by atoms with E-state index in [1.807, 2.05) is 0 Å². The Balaban J connectivity index is 4.67. The molecule has 4 heteroatoms.